The van der Waals surface area contributed by atoms with Crippen molar-refractivity contribution in [3.63, 3.8) is 0 Å². The van der Waals surface area contributed by atoms with Crippen LogP contribution in [0.4, 0.5) is 0 Å². The van der Waals surface area contributed by atoms with E-state index in [4.69, 9.17) is 0 Å². The Morgan fingerprint density at radius 1 is 1.30 bits per heavy atom. The number of quaternary nitrogens is 1. The normalized spacial score (nSPS) is 10.8. The summed E-state index contributed by atoms with van der Waals surface area (Å²) in [5, 5.41) is 7.15. The third-order valence-corrected chi connectivity index (χ3v) is 3.14. The number of nitrogens with one attached hydrogen (secondary N) is 2. The Morgan fingerprint density at radius 3 is 2.65 bits per heavy atom. The lowest BCUT2D eigenvalue weighted by atomic mass is 10.1. The van der Waals surface area contributed by atoms with Gasteiger partial charge in [-0.15, -0.1) is 0 Å². The molecule has 0 aliphatic rings. The number of hydrogen-bond acceptors (Lipinski definition) is 2. The monoisotopic (exact) mass is 273 g/mol. The maximum Gasteiger partial charge on any atom is 0.255 e. The molecule has 0 spiro atoms. The van der Waals surface area contributed by atoms with E-state index in [9.17, 15) is 4.79 Å². The highest BCUT2D eigenvalue weighted by Crippen LogP contribution is 2.22. The van der Waals surface area contributed by atoms with Crippen LogP contribution in [-0.4, -0.2) is 42.9 Å². The fourth-order valence-electron chi connectivity index (χ4n) is 2.06. The lowest BCUT2D eigenvalue weighted by Crippen LogP contribution is -3.06. The minimum absolute atomic E-state index is 0.0711. The van der Waals surface area contributed by atoms with Crippen molar-refractivity contribution in [2.75, 3.05) is 27.2 Å². The van der Waals surface area contributed by atoms with Gasteiger partial charge in [-0.25, -0.2) is 0 Å². The van der Waals surface area contributed by atoms with Crippen molar-refractivity contribution < 1.29 is 9.69 Å². The van der Waals surface area contributed by atoms with Crippen molar-refractivity contribution in [2.24, 2.45) is 7.05 Å². The minimum Gasteiger partial charge on any atom is -0.346 e. The lowest BCUT2D eigenvalue weighted by Gasteiger charge is -2.09. The molecule has 0 radical (unpaired) electrons. The van der Waals surface area contributed by atoms with Crippen molar-refractivity contribution in [3.8, 4) is 11.3 Å². The zero-order valence-corrected chi connectivity index (χ0v) is 12.2. The Balaban J connectivity index is 2.19. The van der Waals surface area contributed by atoms with Crippen LogP contribution in [0, 0.1) is 0 Å². The number of carbonyl (C=O) groups is 1. The summed E-state index contributed by atoms with van der Waals surface area (Å²) >= 11 is 0. The Kier molecular flexibility index (Phi) is 4.53. The number of carbonyl (C=O) groups excluding carboxylic acids is 1. The quantitative estimate of drug-likeness (QED) is 0.803. The first-order valence-electron chi connectivity index (χ1n) is 6.74. The summed E-state index contributed by atoms with van der Waals surface area (Å²) in [6.45, 7) is 1.55. The molecule has 2 rings (SSSR count). The molecule has 1 amide bonds. The molecule has 0 saturated heterocycles. The molecule has 0 saturated carbocycles. The predicted molar refractivity (Wildman–Crippen MR) is 78.7 cm³/mol. The van der Waals surface area contributed by atoms with Crippen molar-refractivity contribution in [1.82, 2.24) is 15.1 Å². The standard InChI is InChI=1S/C15H20N4O/c1-18(2)10-9-16-15(20)13-11-17-19(3)14(13)12-7-5-4-6-8-12/h4-8,11H,9-10H2,1-3H3,(H,16,20)/p+1. The average Bonchev–Trinajstić information content (AvgIpc) is 2.81. The van der Waals surface area contributed by atoms with Crippen molar-refractivity contribution in [1.29, 1.82) is 0 Å². The van der Waals surface area contributed by atoms with Gasteiger partial charge in [0.15, 0.2) is 0 Å². The molecule has 5 nitrogen and oxygen atoms in total. The Bertz CT molecular complexity index is 575. The first kappa shape index (κ1) is 14.3. The molecule has 0 atom stereocenters. The summed E-state index contributed by atoms with van der Waals surface area (Å²) in [4.78, 5) is 13.6. The second kappa shape index (κ2) is 6.34. The smallest absolute Gasteiger partial charge is 0.255 e. The third-order valence-electron chi connectivity index (χ3n) is 3.14. The molecule has 2 aromatic rings. The first-order valence-corrected chi connectivity index (χ1v) is 6.74. The molecule has 2 N–H and O–H groups in total. The van der Waals surface area contributed by atoms with Gasteiger partial charge in [0.2, 0.25) is 0 Å². The van der Waals surface area contributed by atoms with E-state index in [-0.39, 0.29) is 5.91 Å². The van der Waals surface area contributed by atoms with Crippen LogP contribution in [0.3, 0.4) is 0 Å². The van der Waals surface area contributed by atoms with E-state index in [2.05, 4.69) is 24.5 Å². The molecule has 0 unspecified atom stereocenters. The topological polar surface area (TPSA) is 51.4 Å². The SMILES string of the molecule is Cn1ncc(C(=O)NCC[NH+](C)C)c1-c1ccccc1. The van der Waals surface area contributed by atoms with Crippen LogP contribution in [0.1, 0.15) is 10.4 Å². The molecule has 20 heavy (non-hydrogen) atoms. The van der Waals surface area contributed by atoms with Gasteiger partial charge in [0, 0.05) is 12.6 Å². The number of hydrogen-bond donors (Lipinski definition) is 2. The van der Waals surface area contributed by atoms with Crippen LogP contribution in [0.2, 0.25) is 0 Å². The summed E-state index contributed by atoms with van der Waals surface area (Å²) < 4.78 is 1.74. The number of benzene rings is 1. The van der Waals surface area contributed by atoms with Crippen LogP contribution in [0.15, 0.2) is 36.5 Å². The van der Waals surface area contributed by atoms with Gasteiger partial charge >= 0.3 is 0 Å². The highest BCUT2D eigenvalue weighted by Gasteiger charge is 2.17. The van der Waals surface area contributed by atoms with E-state index in [1.807, 2.05) is 37.4 Å². The molecule has 1 aromatic carbocycles. The van der Waals surface area contributed by atoms with E-state index >= 15 is 0 Å². The number of aromatic nitrogens is 2. The van der Waals surface area contributed by atoms with Crippen molar-refractivity contribution in [3.05, 3.63) is 42.1 Å². The zero-order valence-electron chi connectivity index (χ0n) is 12.2. The zero-order chi connectivity index (χ0) is 14.5. The largest absolute Gasteiger partial charge is 0.346 e. The van der Waals surface area contributed by atoms with E-state index in [0.717, 1.165) is 17.8 Å². The number of amides is 1. The summed E-state index contributed by atoms with van der Waals surface area (Å²) in [6, 6.07) is 9.84. The van der Waals surface area contributed by atoms with Gasteiger partial charge in [-0.1, -0.05) is 30.3 Å². The molecular formula is C15H21N4O+. The molecule has 0 aliphatic carbocycles. The Hall–Kier alpha value is -2.14. The van der Waals surface area contributed by atoms with Gasteiger partial charge in [0.05, 0.1) is 44.6 Å². The fourth-order valence-corrected chi connectivity index (χ4v) is 2.06. The van der Waals surface area contributed by atoms with Crippen LogP contribution in [-0.2, 0) is 7.05 Å². The van der Waals surface area contributed by atoms with Gasteiger partial charge in [0.25, 0.3) is 5.91 Å². The van der Waals surface area contributed by atoms with Gasteiger partial charge in [0.1, 0.15) is 0 Å². The van der Waals surface area contributed by atoms with Gasteiger partial charge in [-0.05, 0) is 0 Å². The predicted octanol–water partition coefficient (Wildman–Crippen LogP) is -0.0386. The van der Waals surface area contributed by atoms with Crippen molar-refractivity contribution in [2.45, 2.75) is 0 Å². The second-order valence-electron chi connectivity index (χ2n) is 5.11. The highest BCUT2D eigenvalue weighted by molar-refractivity contribution is 5.99. The summed E-state index contributed by atoms with van der Waals surface area (Å²) in [6.07, 6.45) is 1.63. The number of likely N-dealkylation sites (N-methyl/N-ethyl adjacent to an activating group) is 1. The van der Waals surface area contributed by atoms with E-state index in [1.54, 1.807) is 10.9 Å². The van der Waals surface area contributed by atoms with Crippen LogP contribution in [0.5, 0.6) is 0 Å². The maximum atomic E-state index is 12.3. The molecule has 1 heterocycles. The number of aryl methyl sites for hydroxylation is 1. The van der Waals surface area contributed by atoms with Crippen LogP contribution >= 0.6 is 0 Å². The fraction of sp³-hybridized carbons (Fsp3) is 0.333. The summed E-state index contributed by atoms with van der Waals surface area (Å²) in [5.41, 5.74) is 2.46. The molecular weight excluding hydrogens is 252 g/mol. The third kappa shape index (κ3) is 3.24. The number of rotatable bonds is 5. The molecule has 0 bridgehead atoms. The van der Waals surface area contributed by atoms with Gasteiger partial charge < -0.3 is 10.2 Å². The van der Waals surface area contributed by atoms with Crippen molar-refractivity contribution >= 4 is 5.91 Å². The minimum atomic E-state index is -0.0711. The first-order chi connectivity index (χ1) is 9.59. The second-order valence-corrected chi connectivity index (χ2v) is 5.11. The van der Waals surface area contributed by atoms with E-state index in [0.29, 0.717) is 12.1 Å². The van der Waals surface area contributed by atoms with E-state index < -0.39 is 0 Å². The molecule has 0 fully saturated rings. The molecule has 5 heteroatoms. The highest BCUT2D eigenvalue weighted by atomic mass is 16.1. The van der Waals surface area contributed by atoms with E-state index in [1.165, 1.54) is 4.90 Å². The van der Waals surface area contributed by atoms with Gasteiger partial charge in [-0.3, -0.25) is 9.48 Å². The summed E-state index contributed by atoms with van der Waals surface area (Å²) in [5.74, 6) is -0.0711. The van der Waals surface area contributed by atoms with Gasteiger partial charge in [-0.2, -0.15) is 5.10 Å². The van der Waals surface area contributed by atoms with Crippen LogP contribution in [0.25, 0.3) is 11.3 Å². The van der Waals surface area contributed by atoms with Crippen LogP contribution < -0.4 is 10.2 Å². The molecule has 1 aromatic heterocycles. The molecule has 0 aliphatic heterocycles. The Morgan fingerprint density at radius 2 is 2.00 bits per heavy atom. The average molecular weight is 273 g/mol. The lowest BCUT2D eigenvalue weighted by molar-refractivity contribution is -0.856. The molecule has 106 valence electrons. The summed E-state index contributed by atoms with van der Waals surface area (Å²) in [7, 11) is 5.97. The maximum absolute atomic E-state index is 12.3. The number of nitrogens with zero attached hydrogens (tertiary/aromatic N) is 2. The Labute approximate surface area is 119 Å².